The number of carbonyl (C=O) groups excluding carboxylic acids is 1. The third-order valence-electron chi connectivity index (χ3n) is 6.57. The van der Waals surface area contributed by atoms with Gasteiger partial charge in [0.15, 0.2) is 5.65 Å². The summed E-state index contributed by atoms with van der Waals surface area (Å²) in [7, 11) is 0. The number of fused-ring (bicyclic) bond motifs is 1. The maximum absolute atomic E-state index is 13.8. The Morgan fingerprint density at radius 1 is 0.833 bits per heavy atom. The van der Waals surface area contributed by atoms with E-state index in [1.54, 1.807) is 29.2 Å². The van der Waals surface area contributed by atoms with E-state index in [4.69, 9.17) is 0 Å². The van der Waals surface area contributed by atoms with Crippen LogP contribution in [0.1, 0.15) is 16.8 Å². The SMILES string of the molecule is Cl.O=C(/C=C/c1ccccc1)Nc1cccc(-c2cccc(-n3c(=O)c(Cc4cccnc4)nc4cccnc43)c2)c1. The zero-order valence-corrected chi connectivity index (χ0v) is 23.2. The van der Waals surface area contributed by atoms with Gasteiger partial charge >= 0.3 is 0 Å². The molecule has 0 unspecified atom stereocenters. The first-order chi connectivity index (χ1) is 20.1. The van der Waals surface area contributed by atoms with E-state index in [1.165, 1.54) is 6.08 Å². The van der Waals surface area contributed by atoms with E-state index in [2.05, 4.69) is 20.3 Å². The van der Waals surface area contributed by atoms with Crippen molar-refractivity contribution in [2.45, 2.75) is 6.42 Å². The van der Waals surface area contributed by atoms with Crippen LogP contribution in [0.2, 0.25) is 0 Å². The van der Waals surface area contributed by atoms with Gasteiger partial charge in [0.25, 0.3) is 5.56 Å². The molecule has 7 nitrogen and oxygen atoms in total. The quantitative estimate of drug-likeness (QED) is 0.221. The van der Waals surface area contributed by atoms with Gasteiger partial charge in [-0.3, -0.25) is 19.1 Å². The number of pyridine rings is 2. The lowest BCUT2D eigenvalue weighted by Crippen LogP contribution is -2.25. The molecule has 0 radical (unpaired) electrons. The molecule has 0 saturated heterocycles. The van der Waals surface area contributed by atoms with Crippen LogP contribution in [0.5, 0.6) is 0 Å². The van der Waals surface area contributed by atoms with Crippen LogP contribution in [0, 0.1) is 0 Å². The molecule has 42 heavy (non-hydrogen) atoms. The van der Waals surface area contributed by atoms with Gasteiger partial charge in [-0.15, -0.1) is 12.4 Å². The highest BCUT2D eigenvalue weighted by molar-refractivity contribution is 6.02. The molecule has 0 aliphatic rings. The van der Waals surface area contributed by atoms with E-state index in [0.29, 0.717) is 34.7 Å². The number of carbonyl (C=O) groups is 1. The molecule has 206 valence electrons. The van der Waals surface area contributed by atoms with Gasteiger partial charge < -0.3 is 5.32 Å². The van der Waals surface area contributed by atoms with E-state index in [0.717, 1.165) is 22.3 Å². The molecule has 0 spiro atoms. The van der Waals surface area contributed by atoms with Crippen molar-refractivity contribution in [3.8, 4) is 16.8 Å². The van der Waals surface area contributed by atoms with Gasteiger partial charge in [-0.25, -0.2) is 9.97 Å². The molecule has 0 aliphatic carbocycles. The first-order valence-electron chi connectivity index (χ1n) is 13.1. The molecule has 3 aromatic heterocycles. The smallest absolute Gasteiger partial charge is 0.278 e. The van der Waals surface area contributed by atoms with Crippen LogP contribution < -0.4 is 10.9 Å². The average molecular weight is 572 g/mol. The maximum Gasteiger partial charge on any atom is 0.278 e. The van der Waals surface area contributed by atoms with Crippen molar-refractivity contribution in [3.05, 3.63) is 155 Å². The molecule has 6 aromatic rings. The summed E-state index contributed by atoms with van der Waals surface area (Å²) in [6.45, 7) is 0. The van der Waals surface area contributed by atoms with Crippen molar-refractivity contribution in [2.75, 3.05) is 5.32 Å². The van der Waals surface area contributed by atoms with Gasteiger partial charge in [-0.1, -0.05) is 60.7 Å². The van der Waals surface area contributed by atoms with Crippen molar-refractivity contribution in [3.63, 3.8) is 0 Å². The summed E-state index contributed by atoms with van der Waals surface area (Å²) < 4.78 is 1.61. The Bertz CT molecular complexity index is 1940. The van der Waals surface area contributed by atoms with Crippen LogP contribution >= 0.6 is 12.4 Å². The third-order valence-corrected chi connectivity index (χ3v) is 6.57. The van der Waals surface area contributed by atoms with E-state index < -0.39 is 0 Å². The monoisotopic (exact) mass is 571 g/mol. The molecule has 3 aromatic carbocycles. The normalized spacial score (nSPS) is 10.9. The standard InChI is InChI=1S/C34H25N5O2.ClH/c40-32(17-16-24-8-2-1-3-9-24)37-28-13-4-11-26(21-28)27-12-5-14-29(22-27)39-33-30(15-7-19-36-33)38-31(34(39)41)20-25-10-6-18-35-23-25;/h1-19,21-23H,20H2,(H,37,40);1H/b17-16+;. The molecule has 0 aliphatic heterocycles. The molecular formula is C34H26ClN5O2. The molecule has 0 atom stereocenters. The van der Waals surface area contributed by atoms with Crippen molar-refractivity contribution >= 4 is 41.2 Å². The van der Waals surface area contributed by atoms with Crippen LogP contribution in [0.25, 0.3) is 34.1 Å². The molecule has 1 N–H and O–H groups in total. The Morgan fingerprint density at radius 3 is 2.43 bits per heavy atom. The minimum atomic E-state index is -0.233. The minimum Gasteiger partial charge on any atom is -0.322 e. The Labute approximate surface area is 248 Å². The molecule has 8 heteroatoms. The van der Waals surface area contributed by atoms with Gasteiger partial charge in [-0.05, 0) is 70.8 Å². The Hall–Kier alpha value is -5.40. The predicted molar refractivity (Wildman–Crippen MR) is 169 cm³/mol. The summed E-state index contributed by atoms with van der Waals surface area (Å²) in [4.78, 5) is 39.6. The van der Waals surface area contributed by atoms with Gasteiger partial charge in [0.1, 0.15) is 11.2 Å². The Balaban J connectivity index is 0.00000353. The lowest BCUT2D eigenvalue weighted by atomic mass is 10.0. The number of anilines is 1. The predicted octanol–water partition coefficient (Wildman–Crippen LogP) is 6.51. The van der Waals surface area contributed by atoms with Crippen LogP contribution in [-0.4, -0.2) is 25.4 Å². The molecule has 0 saturated carbocycles. The summed E-state index contributed by atoms with van der Waals surface area (Å²) in [5.41, 5.74) is 6.27. The van der Waals surface area contributed by atoms with Crippen LogP contribution in [0.3, 0.4) is 0 Å². The first-order valence-corrected chi connectivity index (χ1v) is 13.1. The second kappa shape index (κ2) is 12.8. The molecule has 1 amide bonds. The topological polar surface area (TPSA) is 89.8 Å². The highest BCUT2D eigenvalue weighted by atomic mass is 35.5. The average Bonchev–Trinajstić information content (AvgIpc) is 3.02. The first kappa shape index (κ1) is 28.1. The summed E-state index contributed by atoms with van der Waals surface area (Å²) in [6, 6.07) is 32.4. The van der Waals surface area contributed by atoms with E-state index >= 15 is 0 Å². The fourth-order valence-corrected chi connectivity index (χ4v) is 4.64. The zero-order valence-electron chi connectivity index (χ0n) is 22.4. The number of amides is 1. The number of hydrogen-bond acceptors (Lipinski definition) is 5. The van der Waals surface area contributed by atoms with Gasteiger partial charge in [0.2, 0.25) is 5.91 Å². The summed E-state index contributed by atoms with van der Waals surface area (Å²) >= 11 is 0. The highest BCUT2D eigenvalue weighted by Crippen LogP contribution is 2.26. The number of nitrogens with one attached hydrogen (secondary N) is 1. The van der Waals surface area contributed by atoms with Crippen molar-refractivity contribution in [2.24, 2.45) is 0 Å². The maximum atomic E-state index is 13.8. The largest absolute Gasteiger partial charge is 0.322 e. The lowest BCUT2D eigenvalue weighted by molar-refractivity contribution is -0.111. The number of nitrogens with zero attached hydrogens (tertiary/aromatic N) is 4. The van der Waals surface area contributed by atoms with E-state index in [9.17, 15) is 9.59 Å². The number of benzene rings is 3. The second-order valence-electron chi connectivity index (χ2n) is 9.45. The number of hydrogen-bond donors (Lipinski definition) is 1. The number of rotatable bonds is 7. The second-order valence-corrected chi connectivity index (χ2v) is 9.45. The van der Waals surface area contributed by atoms with Crippen molar-refractivity contribution in [1.82, 2.24) is 19.5 Å². The highest BCUT2D eigenvalue weighted by Gasteiger charge is 2.15. The van der Waals surface area contributed by atoms with Gasteiger partial charge in [-0.2, -0.15) is 0 Å². The third kappa shape index (κ3) is 6.32. The number of aromatic nitrogens is 4. The number of halogens is 1. The molecular weight excluding hydrogens is 546 g/mol. The van der Waals surface area contributed by atoms with Crippen LogP contribution in [-0.2, 0) is 11.2 Å². The van der Waals surface area contributed by atoms with Gasteiger partial charge in [0, 0.05) is 36.8 Å². The molecule has 3 heterocycles. The fourth-order valence-electron chi connectivity index (χ4n) is 4.64. The summed E-state index contributed by atoms with van der Waals surface area (Å²) in [5, 5.41) is 2.93. The van der Waals surface area contributed by atoms with E-state index in [-0.39, 0.29) is 23.9 Å². The van der Waals surface area contributed by atoms with Crippen molar-refractivity contribution < 1.29 is 4.79 Å². The summed E-state index contributed by atoms with van der Waals surface area (Å²) in [5.74, 6) is -0.221. The minimum absolute atomic E-state index is 0. The summed E-state index contributed by atoms with van der Waals surface area (Å²) in [6.07, 6.45) is 8.74. The van der Waals surface area contributed by atoms with E-state index in [1.807, 2.05) is 103 Å². The Kier molecular flexibility index (Phi) is 8.61. The molecule has 0 bridgehead atoms. The molecule has 0 fully saturated rings. The van der Waals surface area contributed by atoms with Gasteiger partial charge in [0.05, 0.1) is 5.69 Å². The zero-order chi connectivity index (χ0) is 28.0. The molecule has 6 rings (SSSR count). The van der Waals surface area contributed by atoms with Crippen LogP contribution in [0.4, 0.5) is 5.69 Å². The van der Waals surface area contributed by atoms with Crippen molar-refractivity contribution in [1.29, 1.82) is 0 Å². The fraction of sp³-hybridized carbons (Fsp3) is 0.0294. The Morgan fingerprint density at radius 2 is 1.62 bits per heavy atom. The lowest BCUT2D eigenvalue weighted by Gasteiger charge is -2.13. The van der Waals surface area contributed by atoms with Crippen LogP contribution in [0.15, 0.2) is 133 Å².